The molecule has 2 aliphatic carbocycles. The summed E-state index contributed by atoms with van der Waals surface area (Å²) in [6, 6.07) is 0. The molecule has 0 amide bonds. The highest BCUT2D eigenvalue weighted by atomic mass is 16.5. The lowest BCUT2D eigenvalue weighted by atomic mass is 9.65. The van der Waals surface area contributed by atoms with Gasteiger partial charge in [-0.3, -0.25) is 0 Å². The van der Waals surface area contributed by atoms with Gasteiger partial charge in [-0.1, -0.05) is 20.8 Å². The Balaban J connectivity index is 1.76. The topological polar surface area (TPSA) is 9.23 Å². The summed E-state index contributed by atoms with van der Waals surface area (Å²) < 4.78 is 5.56. The molecule has 0 N–H and O–H groups in total. The maximum absolute atomic E-state index is 5.56. The van der Waals surface area contributed by atoms with Crippen molar-refractivity contribution in [2.75, 3.05) is 6.61 Å². The maximum atomic E-state index is 5.56. The van der Waals surface area contributed by atoms with Crippen molar-refractivity contribution in [3.05, 3.63) is 6.42 Å². The first kappa shape index (κ1) is 10.1. The number of hydrogen-bond donors (Lipinski definition) is 0. The standard InChI is InChI=1S/C14H23O/c1-13(2)10-4-6-14(13,3)11(8-10)9-12-5-7-15-12/h9-12H,4-8H2,1-3H3/t10-,11?,12?,14-/m1/s1. The van der Waals surface area contributed by atoms with Crippen LogP contribution in [0.25, 0.3) is 0 Å². The van der Waals surface area contributed by atoms with E-state index < -0.39 is 0 Å². The maximum Gasteiger partial charge on any atom is 0.0631 e. The Labute approximate surface area is 93.6 Å². The quantitative estimate of drug-likeness (QED) is 0.674. The minimum Gasteiger partial charge on any atom is -0.378 e. The third-order valence-electron chi connectivity index (χ3n) is 6.04. The zero-order valence-electron chi connectivity index (χ0n) is 10.3. The minimum absolute atomic E-state index is 0.488. The molecule has 1 nitrogen and oxygen atoms in total. The third-order valence-corrected chi connectivity index (χ3v) is 6.04. The lowest BCUT2D eigenvalue weighted by Gasteiger charge is -2.41. The van der Waals surface area contributed by atoms with Gasteiger partial charge in [-0.15, -0.1) is 0 Å². The summed E-state index contributed by atoms with van der Waals surface area (Å²) in [4.78, 5) is 0. The van der Waals surface area contributed by atoms with Gasteiger partial charge in [0.1, 0.15) is 0 Å². The van der Waals surface area contributed by atoms with Crippen LogP contribution in [0.4, 0.5) is 0 Å². The number of ether oxygens (including phenoxy) is 1. The fraction of sp³-hybridized carbons (Fsp3) is 0.929. The second-order valence-electron chi connectivity index (χ2n) is 6.61. The predicted octanol–water partition coefficient (Wildman–Crippen LogP) is 3.44. The molecule has 1 radical (unpaired) electrons. The van der Waals surface area contributed by atoms with Crippen LogP contribution in [0.15, 0.2) is 0 Å². The van der Waals surface area contributed by atoms with E-state index in [1.165, 1.54) is 25.7 Å². The normalized spacial score (nSPS) is 51.8. The van der Waals surface area contributed by atoms with Gasteiger partial charge >= 0.3 is 0 Å². The fourth-order valence-electron chi connectivity index (χ4n) is 4.22. The lowest BCUT2D eigenvalue weighted by Crippen LogP contribution is -2.37. The second-order valence-corrected chi connectivity index (χ2v) is 6.61. The van der Waals surface area contributed by atoms with Crippen molar-refractivity contribution in [3.63, 3.8) is 0 Å². The Bertz CT molecular complexity index is 267. The van der Waals surface area contributed by atoms with E-state index in [1.54, 1.807) is 0 Å². The molecule has 15 heavy (non-hydrogen) atoms. The number of rotatable bonds is 2. The van der Waals surface area contributed by atoms with Gasteiger partial charge in [0.2, 0.25) is 0 Å². The van der Waals surface area contributed by atoms with Crippen molar-refractivity contribution in [1.82, 2.24) is 0 Å². The zero-order chi connectivity index (χ0) is 10.7. The molecule has 85 valence electrons. The van der Waals surface area contributed by atoms with Crippen molar-refractivity contribution in [2.24, 2.45) is 22.7 Å². The largest absolute Gasteiger partial charge is 0.378 e. The van der Waals surface area contributed by atoms with Crippen LogP contribution in [-0.2, 0) is 4.74 Å². The molecule has 0 aromatic heterocycles. The van der Waals surface area contributed by atoms with Crippen LogP contribution in [0, 0.1) is 29.1 Å². The monoisotopic (exact) mass is 207 g/mol. The molecule has 0 spiro atoms. The Hall–Kier alpha value is -0.0400. The first-order valence-corrected chi connectivity index (χ1v) is 6.50. The molecular formula is C14H23O. The molecule has 1 aliphatic heterocycles. The summed E-state index contributed by atoms with van der Waals surface area (Å²) in [5.41, 5.74) is 1.11. The highest BCUT2D eigenvalue weighted by Gasteiger charge is 2.61. The molecule has 3 aliphatic rings. The molecule has 4 atom stereocenters. The molecule has 2 saturated carbocycles. The molecule has 0 aromatic carbocycles. The van der Waals surface area contributed by atoms with Gasteiger partial charge in [-0.2, -0.15) is 0 Å². The van der Waals surface area contributed by atoms with Gasteiger partial charge in [0, 0.05) is 6.61 Å². The smallest absolute Gasteiger partial charge is 0.0631 e. The van der Waals surface area contributed by atoms with Gasteiger partial charge in [0.15, 0.2) is 0 Å². The van der Waals surface area contributed by atoms with Gasteiger partial charge in [-0.05, 0) is 54.8 Å². The van der Waals surface area contributed by atoms with Crippen LogP contribution in [0.2, 0.25) is 0 Å². The molecule has 1 saturated heterocycles. The lowest BCUT2D eigenvalue weighted by molar-refractivity contribution is -0.0426. The summed E-state index contributed by atoms with van der Waals surface area (Å²) in [6.07, 6.45) is 8.59. The van der Waals surface area contributed by atoms with Crippen molar-refractivity contribution in [2.45, 2.75) is 52.6 Å². The summed E-state index contributed by atoms with van der Waals surface area (Å²) in [7, 11) is 0. The van der Waals surface area contributed by atoms with E-state index in [-0.39, 0.29) is 0 Å². The van der Waals surface area contributed by atoms with Crippen molar-refractivity contribution in [1.29, 1.82) is 0 Å². The van der Waals surface area contributed by atoms with E-state index in [0.29, 0.717) is 16.9 Å². The molecule has 1 heterocycles. The summed E-state index contributed by atoms with van der Waals surface area (Å²) in [6.45, 7) is 8.47. The molecule has 3 rings (SSSR count). The van der Waals surface area contributed by atoms with Gasteiger partial charge < -0.3 is 4.74 Å². The van der Waals surface area contributed by atoms with Crippen LogP contribution in [0.3, 0.4) is 0 Å². The van der Waals surface area contributed by atoms with E-state index in [1.807, 2.05) is 0 Å². The molecule has 3 fully saturated rings. The van der Waals surface area contributed by atoms with Crippen molar-refractivity contribution >= 4 is 0 Å². The Morgan fingerprint density at radius 2 is 1.93 bits per heavy atom. The van der Waals surface area contributed by atoms with Crippen molar-refractivity contribution < 1.29 is 4.74 Å². The summed E-state index contributed by atoms with van der Waals surface area (Å²) >= 11 is 0. The van der Waals surface area contributed by atoms with Crippen LogP contribution in [-0.4, -0.2) is 12.7 Å². The predicted molar refractivity (Wildman–Crippen MR) is 61.4 cm³/mol. The number of hydrogen-bond acceptors (Lipinski definition) is 1. The zero-order valence-corrected chi connectivity index (χ0v) is 10.3. The summed E-state index contributed by atoms with van der Waals surface area (Å²) in [5.74, 6) is 1.78. The summed E-state index contributed by atoms with van der Waals surface area (Å²) in [5, 5.41) is 0. The molecule has 2 bridgehead atoms. The third kappa shape index (κ3) is 1.19. The molecule has 0 aromatic rings. The van der Waals surface area contributed by atoms with E-state index in [2.05, 4.69) is 27.2 Å². The average Bonchev–Trinajstić information content (AvgIpc) is 2.43. The minimum atomic E-state index is 0.488. The first-order valence-electron chi connectivity index (χ1n) is 6.50. The highest BCUT2D eigenvalue weighted by Crippen LogP contribution is 2.68. The van der Waals surface area contributed by atoms with E-state index >= 15 is 0 Å². The van der Waals surface area contributed by atoms with Gasteiger partial charge in [0.25, 0.3) is 0 Å². The first-order chi connectivity index (χ1) is 7.04. The van der Waals surface area contributed by atoms with Crippen molar-refractivity contribution in [3.8, 4) is 0 Å². The van der Waals surface area contributed by atoms with Gasteiger partial charge in [0.05, 0.1) is 6.10 Å². The van der Waals surface area contributed by atoms with Crippen LogP contribution in [0.5, 0.6) is 0 Å². The fourth-order valence-corrected chi connectivity index (χ4v) is 4.22. The molecule has 1 heteroatoms. The van der Waals surface area contributed by atoms with Crippen LogP contribution in [0.1, 0.15) is 46.5 Å². The highest BCUT2D eigenvalue weighted by molar-refractivity contribution is 5.14. The van der Waals surface area contributed by atoms with E-state index in [0.717, 1.165) is 18.4 Å². The number of fused-ring (bicyclic) bond motifs is 2. The van der Waals surface area contributed by atoms with E-state index in [9.17, 15) is 0 Å². The Morgan fingerprint density at radius 3 is 2.33 bits per heavy atom. The Kier molecular flexibility index (Phi) is 2.03. The SMILES string of the molecule is CC1(C)[C@@H]2CC[C@]1(C)C([CH]C1CCO1)C2. The van der Waals surface area contributed by atoms with Crippen LogP contribution < -0.4 is 0 Å². The van der Waals surface area contributed by atoms with Gasteiger partial charge in [-0.25, -0.2) is 0 Å². The average molecular weight is 207 g/mol. The van der Waals surface area contributed by atoms with E-state index in [4.69, 9.17) is 4.74 Å². The van der Waals surface area contributed by atoms with Crippen LogP contribution >= 0.6 is 0 Å². The molecule has 2 unspecified atom stereocenters. The molecular weight excluding hydrogens is 184 g/mol. The Morgan fingerprint density at radius 1 is 1.20 bits per heavy atom. The second kappa shape index (κ2) is 3.00.